The molecule has 3 N–H and O–H groups in total. The smallest absolute Gasteiger partial charge is 0.233 e. The van der Waals surface area contributed by atoms with Crippen LogP contribution in [0.3, 0.4) is 0 Å². The molecule has 1 aliphatic carbocycles. The molecule has 1 rings (SSSR count). The summed E-state index contributed by atoms with van der Waals surface area (Å²) in [7, 11) is 0. The van der Waals surface area contributed by atoms with E-state index in [1.807, 2.05) is 0 Å². The minimum absolute atomic E-state index is 0.0699. The lowest BCUT2D eigenvalue weighted by Gasteiger charge is -2.31. The van der Waals surface area contributed by atoms with E-state index in [0.717, 1.165) is 32.4 Å². The summed E-state index contributed by atoms with van der Waals surface area (Å²) in [6.45, 7) is 6.29. The van der Waals surface area contributed by atoms with Crippen LogP contribution in [0.5, 0.6) is 0 Å². The fourth-order valence-corrected chi connectivity index (χ4v) is 1.82. The number of nitrogens with one attached hydrogen (secondary N) is 2. The molecule has 0 aromatic carbocycles. The van der Waals surface area contributed by atoms with Crippen molar-refractivity contribution in [3.8, 4) is 0 Å². The van der Waals surface area contributed by atoms with E-state index in [-0.39, 0.29) is 12.0 Å². The molecule has 16 heavy (non-hydrogen) atoms. The van der Waals surface area contributed by atoms with Gasteiger partial charge in [0.2, 0.25) is 5.91 Å². The Hall–Kier alpha value is -0.610. The van der Waals surface area contributed by atoms with E-state index in [9.17, 15) is 4.79 Å². The van der Waals surface area contributed by atoms with Crippen molar-refractivity contribution in [1.29, 1.82) is 0 Å². The van der Waals surface area contributed by atoms with E-state index in [1.54, 1.807) is 0 Å². The molecule has 0 atom stereocenters. The van der Waals surface area contributed by atoms with Crippen molar-refractivity contribution in [2.75, 3.05) is 19.6 Å². The first kappa shape index (κ1) is 13.5. The molecule has 0 aliphatic heterocycles. The van der Waals surface area contributed by atoms with E-state index in [4.69, 9.17) is 5.11 Å². The number of rotatable bonds is 7. The second-order valence-corrected chi connectivity index (χ2v) is 5.15. The van der Waals surface area contributed by atoms with Crippen molar-refractivity contribution in [2.45, 2.75) is 39.2 Å². The Morgan fingerprint density at radius 2 is 2.12 bits per heavy atom. The number of aliphatic hydroxyl groups is 1. The second kappa shape index (κ2) is 6.86. The van der Waals surface area contributed by atoms with Gasteiger partial charge in [0.1, 0.15) is 0 Å². The van der Waals surface area contributed by atoms with Gasteiger partial charge in [-0.2, -0.15) is 0 Å². The van der Waals surface area contributed by atoms with Gasteiger partial charge in [-0.3, -0.25) is 4.79 Å². The first-order valence-electron chi connectivity index (χ1n) is 6.23. The Bertz CT molecular complexity index is 213. The molecule has 94 valence electrons. The van der Waals surface area contributed by atoms with Crippen LogP contribution in [0.4, 0.5) is 0 Å². The number of hydrogen-bond donors (Lipinski definition) is 3. The zero-order valence-electron chi connectivity index (χ0n) is 10.3. The Kier molecular flexibility index (Phi) is 5.77. The third-order valence-corrected chi connectivity index (χ3v) is 2.97. The first-order chi connectivity index (χ1) is 7.58. The van der Waals surface area contributed by atoms with Crippen LogP contribution in [0.1, 0.15) is 33.1 Å². The molecule has 4 heteroatoms. The van der Waals surface area contributed by atoms with E-state index in [2.05, 4.69) is 24.5 Å². The molecular formula is C12H24N2O2. The van der Waals surface area contributed by atoms with Gasteiger partial charge in [0, 0.05) is 6.54 Å². The summed E-state index contributed by atoms with van der Waals surface area (Å²) in [6.07, 6.45) is 2.68. The highest BCUT2D eigenvalue weighted by Gasteiger charge is 2.26. The van der Waals surface area contributed by atoms with Gasteiger partial charge < -0.3 is 15.7 Å². The average molecular weight is 228 g/mol. The van der Waals surface area contributed by atoms with E-state index < -0.39 is 0 Å². The van der Waals surface area contributed by atoms with Crippen LogP contribution in [0, 0.1) is 11.8 Å². The highest BCUT2D eigenvalue weighted by Crippen LogP contribution is 2.25. The third kappa shape index (κ3) is 5.47. The molecule has 0 unspecified atom stereocenters. The normalized spacial score (nSPS) is 24.2. The van der Waals surface area contributed by atoms with Crippen molar-refractivity contribution in [1.82, 2.24) is 10.6 Å². The summed E-state index contributed by atoms with van der Waals surface area (Å²) in [5, 5.41) is 15.1. The van der Waals surface area contributed by atoms with E-state index in [1.165, 1.54) is 0 Å². The van der Waals surface area contributed by atoms with Crippen molar-refractivity contribution in [3.63, 3.8) is 0 Å². The molecule has 1 fully saturated rings. The first-order valence-corrected chi connectivity index (χ1v) is 6.23. The van der Waals surface area contributed by atoms with Crippen molar-refractivity contribution >= 4 is 5.91 Å². The van der Waals surface area contributed by atoms with Gasteiger partial charge in [-0.05, 0) is 37.6 Å². The molecule has 4 nitrogen and oxygen atoms in total. The van der Waals surface area contributed by atoms with Crippen LogP contribution in [-0.2, 0) is 4.79 Å². The van der Waals surface area contributed by atoms with Crippen LogP contribution in [0.25, 0.3) is 0 Å². The molecule has 0 bridgehead atoms. The fraction of sp³-hybridized carbons (Fsp3) is 0.917. The zero-order chi connectivity index (χ0) is 12.0. The molecule has 0 heterocycles. The number of hydrogen-bond acceptors (Lipinski definition) is 3. The molecule has 0 aromatic rings. The number of aliphatic hydroxyl groups excluding tert-OH is 1. The maximum absolute atomic E-state index is 11.4. The van der Waals surface area contributed by atoms with Crippen molar-refractivity contribution < 1.29 is 9.90 Å². The molecule has 1 amide bonds. The van der Waals surface area contributed by atoms with Crippen LogP contribution < -0.4 is 10.6 Å². The van der Waals surface area contributed by atoms with Crippen molar-refractivity contribution in [2.24, 2.45) is 11.8 Å². The Balaban J connectivity index is 1.90. The standard InChI is InChI=1S/C12H24N2O2/c1-9(2)3-4-14-12(16)8-13-7-10-5-11(15)6-10/h9-11,13,15H,3-8H2,1-2H3,(H,14,16). The quantitative estimate of drug-likeness (QED) is 0.595. The Morgan fingerprint density at radius 3 is 2.69 bits per heavy atom. The Morgan fingerprint density at radius 1 is 1.44 bits per heavy atom. The fourth-order valence-electron chi connectivity index (χ4n) is 1.82. The van der Waals surface area contributed by atoms with E-state index >= 15 is 0 Å². The van der Waals surface area contributed by atoms with Crippen LogP contribution in [-0.4, -0.2) is 36.8 Å². The lowest BCUT2D eigenvalue weighted by atomic mass is 9.82. The molecular weight excluding hydrogens is 204 g/mol. The lowest BCUT2D eigenvalue weighted by molar-refractivity contribution is -0.120. The number of amides is 1. The summed E-state index contributed by atoms with van der Waals surface area (Å²) in [5.74, 6) is 1.25. The Labute approximate surface area is 97.8 Å². The molecule has 0 radical (unpaired) electrons. The zero-order valence-corrected chi connectivity index (χ0v) is 10.3. The summed E-state index contributed by atoms with van der Waals surface area (Å²) < 4.78 is 0. The molecule has 0 saturated heterocycles. The summed E-state index contributed by atoms with van der Waals surface area (Å²) >= 11 is 0. The van der Waals surface area contributed by atoms with Gasteiger partial charge in [-0.1, -0.05) is 13.8 Å². The maximum atomic E-state index is 11.4. The average Bonchev–Trinajstić information content (AvgIpc) is 2.14. The predicted octanol–water partition coefficient (Wildman–Crippen LogP) is 0.509. The van der Waals surface area contributed by atoms with Crippen LogP contribution >= 0.6 is 0 Å². The van der Waals surface area contributed by atoms with Gasteiger partial charge in [-0.25, -0.2) is 0 Å². The van der Waals surface area contributed by atoms with E-state index in [0.29, 0.717) is 18.4 Å². The minimum atomic E-state index is -0.105. The topological polar surface area (TPSA) is 61.4 Å². The van der Waals surface area contributed by atoms with Gasteiger partial charge in [0.05, 0.1) is 12.6 Å². The second-order valence-electron chi connectivity index (χ2n) is 5.15. The highest BCUT2D eigenvalue weighted by molar-refractivity contribution is 5.77. The number of carbonyl (C=O) groups is 1. The predicted molar refractivity (Wildman–Crippen MR) is 64.1 cm³/mol. The van der Waals surface area contributed by atoms with Gasteiger partial charge in [0.25, 0.3) is 0 Å². The van der Waals surface area contributed by atoms with Crippen molar-refractivity contribution in [3.05, 3.63) is 0 Å². The largest absolute Gasteiger partial charge is 0.393 e. The van der Waals surface area contributed by atoms with Crippen LogP contribution in [0.2, 0.25) is 0 Å². The summed E-state index contributed by atoms with van der Waals surface area (Å²) in [5.41, 5.74) is 0. The van der Waals surface area contributed by atoms with Gasteiger partial charge >= 0.3 is 0 Å². The minimum Gasteiger partial charge on any atom is -0.393 e. The maximum Gasteiger partial charge on any atom is 0.233 e. The molecule has 0 spiro atoms. The molecule has 1 aliphatic rings. The lowest BCUT2D eigenvalue weighted by Crippen LogP contribution is -2.40. The monoisotopic (exact) mass is 228 g/mol. The SMILES string of the molecule is CC(C)CCNC(=O)CNCC1CC(O)C1. The van der Waals surface area contributed by atoms with Gasteiger partial charge in [-0.15, -0.1) is 0 Å². The third-order valence-electron chi connectivity index (χ3n) is 2.97. The van der Waals surface area contributed by atoms with Crippen LogP contribution in [0.15, 0.2) is 0 Å². The summed E-state index contributed by atoms with van der Waals surface area (Å²) in [4.78, 5) is 11.4. The molecule has 1 saturated carbocycles. The van der Waals surface area contributed by atoms with Gasteiger partial charge in [0.15, 0.2) is 0 Å². The molecule has 0 aromatic heterocycles. The highest BCUT2D eigenvalue weighted by atomic mass is 16.3. The number of carbonyl (C=O) groups excluding carboxylic acids is 1. The summed E-state index contributed by atoms with van der Waals surface area (Å²) in [6, 6.07) is 0.